The number of phenols is 1. The lowest BCUT2D eigenvalue weighted by atomic mass is 10.2. The molecule has 0 atom stereocenters. The van der Waals surface area contributed by atoms with Gasteiger partial charge in [-0.3, -0.25) is 0 Å². The molecule has 1 N–H and O–H groups in total. The maximum Gasteiger partial charge on any atom is 0.220 e. The van der Waals surface area contributed by atoms with Crippen LogP contribution in [0.25, 0.3) is 0 Å². The quantitative estimate of drug-likeness (QED) is 0.138. The van der Waals surface area contributed by atoms with Crippen LogP contribution >= 0.6 is 113 Å². The summed E-state index contributed by atoms with van der Waals surface area (Å²) in [4.78, 5) is 0. The van der Waals surface area contributed by atoms with Crippen molar-refractivity contribution in [3.05, 3.63) is 139 Å². The van der Waals surface area contributed by atoms with Gasteiger partial charge in [-0.1, -0.05) is 0 Å². The molecule has 0 aliphatic rings. The molecule has 0 heterocycles. The Labute approximate surface area is 339 Å². The van der Waals surface area contributed by atoms with Gasteiger partial charge in [0, 0.05) is 17.9 Å². The average molecular weight is 1180 g/mol. The fourth-order valence-electron chi connectivity index (χ4n) is 4.20. The van der Waals surface area contributed by atoms with E-state index in [1.165, 1.54) is 0 Å². The van der Waals surface area contributed by atoms with Gasteiger partial charge in [-0.05, 0) is 234 Å². The number of ether oxygens (including phenoxy) is 5. The minimum Gasteiger partial charge on any atom is -0.501 e. The predicted molar refractivity (Wildman–Crippen MR) is 224 cm³/mol. The minimum absolute atomic E-state index is 0.0132. The molecule has 47 heavy (non-hydrogen) atoms. The molecule has 11 heteroatoms. The van der Waals surface area contributed by atoms with E-state index in [0.29, 0.717) is 28.7 Å². The molecule has 0 fully saturated rings. The molecule has 0 saturated heterocycles. The molecule has 236 valence electrons. The number of aromatic hydroxyl groups is 1. The van der Waals surface area contributed by atoms with Crippen molar-refractivity contribution in [1.82, 2.24) is 0 Å². The van der Waals surface area contributed by atoms with Crippen molar-refractivity contribution in [3.8, 4) is 63.2 Å². The van der Waals surface area contributed by atoms with Gasteiger partial charge in [0.1, 0.15) is 28.7 Å². The normalized spacial score (nSPS) is 10.7. The van der Waals surface area contributed by atoms with Gasteiger partial charge in [0.25, 0.3) is 0 Å². The number of rotatable bonds is 10. The first-order valence-corrected chi connectivity index (χ1v) is 19.2. The fourth-order valence-corrected chi connectivity index (χ4v) is 6.00. The van der Waals surface area contributed by atoms with Crippen LogP contribution < -0.4 is 23.7 Å². The Morgan fingerprint density at radius 2 is 0.447 bits per heavy atom. The summed E-state index contributed by atoms with van der Waals surface area (Å²) in [5, 5.41) is 12.1. The van der Waals surface area contributed by atoms with Gasteiger partial charge in [-0.25, -0.2) is 0 Å². The van der Waals surface area contributed by atoms with Crippen molar-refractivity contribution in [3.63, 3.8) is 0 Å². The summed E-state index contributed by atoms with van der Waals surface area (Å²) in [6, 6.07) is 37.5. The lowest BCUT2D eigenvalue weighted by molar-refractivity contribution is 0.322. The van der Waals surface area contributed by atoms with Crippen molar-refractivity contribution in [2.75, 3.05) is 0 Å². The van der Waals surface area contributed by atoms with Gasteiger partial charge < -0.3 is 28.8 Å². The molecule has 0 aliphatic carbocycles. The van der Waals surface area contributed by atoms with Gasteiger partial charge >= 0.3 is 0 Å². The van der Waals surface area contributed by atoms with Crippen LogP contribution in [-0.4, -0.2) is 5.11 Å². The molecule has 0 amide bonds. The van der Waals surface area contributed by atoms with Crippen LogP contribution in [0.2, 0.25) is 0 Å². The Balaban J connectivity index is 1.63. The summed E-state index contributed by atoms with van der Waals surface area (Å²) in [6.45, 7) is 0. The van der Waals surface area contributed by atoms with Crippen LogP contribution in [-0.2, 0) is 0 Å². The first-order chi connectivity index (χ1) is 22.7. The predicted octanol–water partition coefficient (Wildman–Crippen LogP) is 13.4. The van der Waals surface area contributed by atoms with Crippen molar-refractivity contribution in [2.45, 2.75) is 0 Å². The smallest absolute Gasteiger partial charge is 0.220 e. The topological polar surface area (TPSA) is 66.4 Å². The molecule has 6 aromatic carbocycles. The molecular weight excluding hydrogens is 1160 g/mol. The Kier molecular flexibility index (Phi) is 11.8. The van der Waals surface area contributed by atoms with Crippen LogP contribution in [0.3, 0.4) is 0 Å². The molecule has 0 spiro atoms. The second-order valence-electron chi connectivity index (χ2n) is 9.77. The van der Waals surface area contributed by atoms with Crippen molar-refractivity contribution < 1.29 is 28.8 Å². The number of hydrogen-bond acceptors (Lipinski definition) is 6. The number of hydrogen-bond donors (Lipinski definition) is 1. The van der Waals surface area contributed by atoms with Crippen LogP contribution in [0.1, 0.15) is 0 Å². The van der Waals surface area contributed by atoms with Gasteiger partial charge in [-0.2, -0.15) is 0 Å². The van der Waals surface area contributed by atoms with E-state index >= 15 is 0 Å². The molecule has 0 unspecified atom stereocenters. The van der Waals surface area contributed by atoms with Crippen LogP contribution in [0, 0.1) is 17.9 Å². The fraction of sp³-hybridized carbons (Fsp3) is 0. The number of halogens is 5. The van der Waals surface area contributed by atoms with Gasteiger partial charge in [0.05, 0.1) is 0 Å². The highest BCUT2D eigenvalue weighted by Gasteiger charge is 2.33. The number of benzene rings is 6. The maximum atomic E-state index is 12.1. The zero-order valence-corrected chi connectivity index (χ0v) is 34.7. The van der Waals surface area contributed by atoms with Gasteiger partial charge in [-0.15, -0.1) is 0 Å². The summed E-state index contributed by atoms with van der Waals surface area (Å²) >= 11 is 11.2. The molecule has 0 saturated carbocycles. The summed E-state index contributed by atoms with van der Waals surface area (Å²) in [5.41, 5.74) is 0. The van der Waals surface area contributed by atoms with Crippen LogP contribution in [0.5, 0.6) is 63.2 Å². The standard InChI is InChI=1S/C36H21I5O6/c37-21-1-11-26(12-2-21)43-32-31(42)33(44-27-13-3-22(38)4-14-27)35(46-29-17-7-24(40)8-18-29)36(47-30-19-9-25(41)10-20-30)34(32)45-28-15-5-23(39)6-16-28/h1-20,42H. The first kappa shape index (κ1) is 34.6. The third-order valence-electron chi connectivity index (χ3n) is 6.42. The van der Waals surface area contributed by atoms with E-state index in [0.717, 1.165) is 17.9 Å². The molecule has 0 bridgehead atoms. The zero-order chi connectivity index (χ0) is 32.9. The maximum absolute atomic E-state index is 12.1. The summed E-state index contributed by atoms with van der Waals surface area (Å²) in [6.07, 6.45) is 0. The highest BCUT2D eigenvalue weighted by atomic mass is 127. The lowest BCUT2D eigenvalue weighted by Gasteiger charge is -2.23. The summed E-state index contributed by atoms with van der Waals surface area (Å²) in [7, 11) is 0. The van der Waals surface area contributed by atoms with Crippen molar-refractivity contribution >= 4 is 113 Å². The van der Waals surface area contributed by atoms with Crippen molar-refractivity contribution in [1.29, 1.82) is 0 Å². The third-order valence-corrected chi connectivity index (χ3v) is 10.0. The van der Waals surface area contributed by atoms with Crippen molar-refractivity contribution in [2.24, 2.45) is 0 Å². The van der Waals surface area contributed by atoms with Gasteiger partial charge in [0.2, 0.25) is 34.5 Å². The minimum atomic E-state index is -0.335. The molecule has 6 rings (SSSR count). The van der Waals surface area contributed by atoms with Gasteiger partial charge in [0.15, 0.2) is 0 Å². The highest BCUT2D eigenvalue weighted by Crippen LogP contribution is 2.61. The number of phenolic OH excluding ortho intramolecular Hbond substituents is 1. The van der Waals surface area contributed by atoms with E-state index in [4.69, 9.17) is 23.7 Å². The van der Waals surface area contributed by atoms with Crippen LogP contribution in [0.4, 0.5) is 0 Å². The third kappa shape index (κ3) is 9.07. The SMILES string of the molecule is Oc1c(Oc2ccc(I)cc2)c(Oc2ccc(I)cc2)c(Oc2ccc(I)cc2)c(Oc2ccc(I)cc2)c1Oc1ccc(I)cc1. The average Bonchev–Trinajstić information content (AvgIpc) is 3.07. The zero-order valence-electron chi connectivity index (χ0n) is 23.9. The van der Waals surface area contributed by atoms with E-state index < -0.39 is 0 Å². The Bertz CT molecular complexity index is 1860. The molecular formula is C36H21I5O6. The largest absolute Gasteiger partial charge is 0.501 e. The molecule has 6 nitrogen and oxygen atoms in total. The molecule has 0 radical (unpaired) electrons. The van der Waals surface area contributed by atoms with E-state index in [2.05, 4.69) is 113 Å². The Hall–Kier alpha value is -2.23. The molecule has 0 aliphatic heterocycles. The summed E-state index contributed by atoms with van der Waals surface area (Å²) in [5.74, 6) is 2.41. The Morgan fingerprint density at radius 3 is 0.660 bits per heavy atom. The van der Waals surface area contributed by atoms with E-state index in [-0.39, 0.29) is 34.5 Å². The molecule has 0 aromatic heterocycles. The van der Waals surface area contributed by atoms with E-state index in [1.807, 2.05) is 121 Å². The summed E-state index contributed by atoms with van der Waals surface area (Å²) < 4.78 is 37.7. The first-order valence-electron chi connectivity index (χ1n) is 13.8. The highest BCUT2D eigenvalue weighted by molar-refractivity contribution is 14.1. The van der Waals surface area contributed by atoms with Crippen LogP contribution in [0.15, 0.2) is 121 Å². The van der Waals surface area contributed by atoms with E-state index in [1.54, 1.807) is 0 Å². The molecule has 6 aromatic rings. The second kappa shape index (κ2) is 16.0. The second-order valence-corrected chi connectivity index (χ2v) is 16.0. The Morgan fingerprint density at radius 1 is 0.277 bits per heavy atom. The monoisotopic (exact) mass is 1180 g/mol. The lowest BCUT2D eigenvalue weighted by Crippen LogP contribution is -2.01. The van der Waals surface area contributed by atoms with E-state index in [9.17, 15) is 5.11 Å².